The van der Waals surface area contributed by atoms with Gasteiger partial charge in [-0.3, -0.25) is 4.79 Å². The lowest BCUT2D eigenvalue weighted by Crippen LogP contribution is -2.33. The zero-order valence-electron chi connectivity index (χ0n) is 9.17. The Labute approximate surface area is 110 Å². The normalized spacial score (nSPS) is 12.2. The number of amides is 1. The van der Waals surface area contributed by atoms with Gasteiger partial charge in [0.25, 0.3) is 0 Å². The molecule has 0 aromatic heterocycles. The molecule has 0 aliphatic rings. The highest BCUT2D eigenvalue weighted by Crippen LogP contribution is 2.10. The minimum atomic E-state index is 0.0416. The molecule has 2 nitrogen and oxygen atoms in total. The van der Waals surface area contributed by atoms with E-state index in [2.05, 4.69) is 21.2 Å². The first-order valence-corrected chi connectivity index (χ1v) is 6.54. The molecule has 1 aromatic rings. The quantitative estimate of drug-likeness (QED) is 0.832. The lowest BCUT2D eigenvalue weighted by molar-refractivity contribution is -0.121. The minimum absolute atomic E-state index is 0.0416. The van der Waals surface area contributed by atoms with E-state index in [1.165, 1.54) is 0 Å². The highest BCUT2D eigenvalue weighted by molar-refractivity contribution is 9.10. The molecule has 1 unspecified atom stereocenters. The summed E-state index contributed by atoms with van der Waals surface area (Å²) in [6.45, 7) is 1.96. The van der Waals surface area contributed by atoms with E-state index in [-0.39, 0.29) is 11.9 Å². The molecule has 16 heavy (non-hydrogen) atoms. The zero-order valence-corrected chi connectivity index (χ0v) is 11.5. The van der Waals surface area contributed by atoms with Crippen molar-refractivity contribution in [3.8, 4) is 0 Å². The fourth-order valence-corrected chi connectivity index (χ4v) is 1.94. The van der Waals surface area contributed by atoms with E-state index in [9.17, 15) is 4.79 Å². The molecule has 88 valence electrons. The van der Waals surface area contributed by atoms with Crippen molar-refractivity contribution >= 4 is 33.4 Å². The number of carbonyl (C=O) groups is 1. The van der Waals surface area contributed by atoms with Crippen LogP contribution in [0.2, 0.25) is 0 Å². The van der Waals surface area contributed by atoms with Crippen molar-refractivity contribution in [2.75, 3.05) is 5.88 Å². The van der Waals surface area contributed by atoms with Crippen LogP contribution in [0.4, 0.5) is 0 Å². The molecule has 1 atom stereocenters. The first kappa shape index (κ1) is 13.5. The van der Waals surface area contributed by atoms with Gasteiger partial charge in [0, 0.05) is 16.4 Å². The van der Waals surface area contributed by atoms with Gasteiger partial charge in [-0.25, -0.2) is 0 Å². The van der Waals surface area contributed by atoms with Crippen molar-refractivity contribution in [1.29, 1.82) is 0 Å². The first-order valence-electron chi connectivity index (χ1n) is 5.21. The highest BCUT2D eigenvalue weighted by atomic mass is 79.9. The largest absolute Gasteiger partial charge is 0.353 e. The number of alkyl halides is 1. The van der Waals surface area contributed by atoms with Gasteiger partial charge in [0.1, 0.15) is 0 Å². The van der Waals surface area contributed by atoms with Gasteiger partial charge in [0.05, 0.1) is 6.42 Å². The van der Waals surface area contributed by atoms with Gasteiger partial charge in [-0.2, -0.15) is 0 Å². The molecular formula is C12H15BrClNO. The molecule has 0 saturated heterocycles. The van der Waals surface area contributed by atoms with Crippen molar-refractivity contribution in [2.24, 2.45) is 0 Å². The van der Waals surface area contributed by atoms with Gasteiger partial charge in [0.15, 0.2) is 0 Å². The molecule has 1 amide bonds. The third-order valence-electron chi connectivity index (χ3n) is 2.23. The molecule has 0 saturated carbocycles. The molecule has 0 aliphatic heterocycles. The number of rotatable bonds is 5. The molecule has 4 heteroatoms. The van der Waals surface area contributed by atoms with Crippen LogP contribution in [-0.2, 0) is 11.2 Å². The maximum atomic E-state index is 11.6. The van der Waals surface area contributed by atoms with Crippen LogP contribution < -0.4 is 5.32 Å². The summed E-state index contributed by atoms with van der Waals surface area (Å²) in [4.78, 5) is 11.6. The van der Waals surface area contributed by atoms with Crippen molar-refractivity contribution in [3.05, 3.63) is 34.3 Å². The van der Waals surface area contributed by atoms with E-state index < -0.39 is 0 Å². The van der Waals surface area contributed by atoms with Crippen molar-refractivity contribution in [2.45, 2.75) is 25.8 Å². The lowest BCUT2D eigenvalue weighted by Gasteiger charge is -2.12. The highest BCUT2D eigenvalue weighted by Gasteiger charge is 2.07. The maximum absolute atomic E-state index is 11.6. The van der Waals surface area contributed by atoms with Crippen LogP contribution >= 0.6 is 27.5 Å². The summed E-state index contributed by atoms with van der Waals surface area (Å²) in [5.41, 5.74) is 1.01. The van der Waals surface area contributed by atoms with Crippen LogP contribution in [0, 0.1) is 0 Å². The Balaban J connectivity index is 2.42. The Morgan fingerprint density at radius 3 is 2.62 bits per heavy atom. The second-order valence-electron chi connectivity index (χ2n) is 3.75. The Morgan fingerprint density at radius 2 is 2.06 bits per heavy atom. The van der Waals surface area contributed by atoms with Crippen LogP contribution in [-0.4, -0.2) is 17.8 Å². The average Bonchev–Trinajstić information content (AvgIpc) is 2.21. The van der Waals surface area contributed by atoms with Gasteiger partial charge >= 0.3 is 0 Å². The second-order valence-corrected chi connectivity index (χ2v) is 5.04. The van der Waals surface area contributed by atoms with Crippen molar-refractivity contribution < 1.29 is 4.79 Å². The fraction of sp³-hybridized carbons (Fsp3) is 0.417. The molecule has 0 bridgehead atoms. The number of halogens is 2. The summed E-state index contributed by atoms with van der Waals surface area (Å²) in [5.74, 6) is 0.611. The molecule has 0 spiro atoms. The van der Waals surface area contributed by atoms with E-state index in [4.69, 9.17) is 11.6 Å². The number of nitrogens with one attached hydrogen (secondary N) is 1. The van der Waals surface area contributed by atoms with Gasteiger partial charge in [-0.1, -0.05) is 28.1 Å². The predicted molar refractivity (Wildman–Crippen MR) is 70.8 cm³/mol. The Morgan fingerprint density at radius 1 is 1.44 bits per heavy atom. The Hall–Kier alpha value is -0.540. The monoisotopic (exact) mass is 303 g/mol. The third kappa shape index (κ3) is 4.99. The summed E-state index contributed by atoms with van der Waals surface area (Å²) >= 11 is 8.96. The van der Waals surface area contributed by atoms with Gasteiger partial charge in [-0.05, 0) is 31.0 Å². The average molecular weight is 305 g/mol. The molecule has 1 rings (SSSR count). The first-order chi connectivity index (χ1) is 7.61. The van der Waals surface area contributed by atoms with Gasteiger partial charge in [-0.15, -0.1) is 11.6 Å². The smallest absolute Gasteiger partial charge is 0.224 e. The summed E-state index contributed by atoms with van der Waals surface area (Å²) in [5, 5.41) is 2.91. The van der Waals surface area contributed by atoms with E-state index in [1.54, 1.807) is 0 Å². The molecular weight excluding hydrogens is 289 g/mol. The van der Waals surface area contributed by atoms with Gasteiger partial charge < -0.3 is 5.32 Å². The molecule has 0 heterocycles. The van der Waals surface area contributed by atoms with E-state index in [0.717, 1.165) is 16.5 Å². The standard InChI is InChI=1S/C12H15BrClNO/c1-9(6-7-14)15-12(16)8-10-2-4-11(13)5-3-10/h2-5,9H,6-8H2,1H3,(H,15,16). The predicted octanol–water partition coefficient (Wildman–Crippen LogP) is 3.13. The Bertz CT molecular complexity index is 339. The summed E-state index contributed by atoms with van der Waals surface area (Å²) in [6.07, 6.45) is 1.22. The van der Waals surface area contributed by atoms with Crippen LogP contribution in [0.25, 0.3) is 0 Å². The fourth-order valence-electron chi connectivity index (χ4n) is 1.35. The summed E-state index contributed by atoms with van der Waals surface area (Å²) in [7, 11) is 0. The van der Waals surface area contributed by atoms with Crippen LogP contribution in [0.3, 0.4) is 0 Å². The van der Waals surface area contributed by atoms with Crippen LogP contribution in [0.5, 0.6) is 0 Å². The van der Waals surface area contributed by atoms with Crippen LogP contribution in [0.1, 0.15) is 18.9 Å². The zero-order chi connectivity index (χ0) is 12.0. The number of hydrogen-bond acceptors (Lipinski definition) is 1. The topological polar surface area (TPSA) is 29.1 Å². The van der Waals surface area contributed by atoms with E-state index in [1.807, 2.05) is 31.2 Å². The summed E-state index contributed by atoms with van der Waals surface area (Å²) in [6, 6.07) is 7.89. The molecule has 0 radical (unpaired) electrons. The number of hydrogen-bond donors (Lipinski definition) is 1. The number of benzene rings is 1. The maximum Gasteiger partial charge on any atom is 0.224 e. The molecule has 1 aromatic carbocycles. The Kier molecular flexibility index (Phi) is 5.85. The van der Waals surface area contributed by atoms with Crippen LogP contribution in [0.15, 0.2) is 28.7 Å². The lowest BCUT2D eigenvalue weighted by atomic mass is 10.1. The van der Waals surface area contributed by atoms with Crippen molar-refractivity contribution in [1.82, 2.24) is 5.32 Å². The van der Waals surface area contributed by atoms with E-state index >= 15 is 0 Å². The van der Waals surface area contributed by atoms with Crippen molar-refractivity contribution in [3.63, 3.8) is 0 Å². The summed E-state index contributed by atoms with van der Waals surface area (Å²) < 4.78 is 1.02. The number of carbonyl (C=O) groups excluding carboxylic acids is 1. The second kappa shape index (κ2) is 6.92. The van der Waals surface area contributed by atoms with E-state index in [0.29, 0.717) is 12.3 Å². The molecule has 0 aliphatic carbocycles. The SMILES string of the molecule is CC(CCCl)NC(=O)Cc1ccc(Br)cc1. The molecule has 1 N–H and O–H groups in total. The third-order valence-corrected chi connectivity index (χ3v) is 2.97. The molecule has 0 fully saturated rings. The minimum Gasteiger partial charge on any atom is -0.353 e. The van der Waals surface area contributed by atoms with Gasteiger partial charge in [0.2, 0.25) is 5.91 Å².